The number of hydrogen-bond donors (Lipinski definition) is 1. The van der Waals surface area contributed by atoms with Crippen LogP contribution in [-0.2, 0) is 4.57 Å². The number of nitrogens with one attached hydrogen (secondary N) is 1. The molecule has 0 aliphatic rings. The molecule has 0 saturated heterocycles. The predicted molar refractivity (Wildman–Crippen MR) is 104 cm³/mol. The van der Waals surface area contributed by atoms with Gasteiger partial charge >= 0.3 is 0 Å². The number of hydrogen-bond acceptors (Lipinski definition) is 2. The van der Waals surface area contributed by atoms with Crippen LogP contribution in [0, 0.1) is 0 Å². The van der Waals surface area contributed by atoms with Crippen LogP contribution >= 0.6 is 7.29 Å². The van der Waals surface area contributed by atoms with Crippen LogP contribution in [0.5, 0.6) is 5.75 Å². The van der Waals surface area contributed by atoms with E-state index in [0.717, 1.165) is 21.9 Å². The second-order valence-corrected chi connectivity index (χ2v) is 8.41. The zero-order chi connectivity index (χ0) is 17.7. The van der Waals surface area contributed by atoms with Gasteiger partial charge in [-0.1, -0.05) is 48.5 Å². The maximum Gasteiger partial charge on any atom is 0.205 e. The normalized spacial score (nSPS) is 12.6. The highest BCUT2D eigenvalue weighted by atomic mass is 31.2. The third kappa shape index (κ3) is 3.84. The monoisotopic (exact) mass is 351 g/mol. The molecule has 3 rings (SSSR count). The Bertz CT molecular complexity index is 805. The lowest BCUT2D eigenvalue weighted by Crippen LogP contribution is -2.29. The fourth-order valence-corrected chi connectivity index (χ4v) is 5.29. The summed E-state index contributed by atoms with van der Waals surface area (Å²) in [6.45, 7) is 2.03. The summed E-state index contributed by atoms with van der Waals surface area (Å²) in [6.07, 6.45) is 0. The van der Waals surface area contributed by atoms with Gasteiger partial charge in [0.15, 0.2) is 0 Å². The summed E-state index contributed by atoms with van der Waals surface area (Å²) in [4.78, 5) is 0. The van der Waals surface area contributed by atoms with Gasteiger partial charge < -0.3 is 4.74 Å². The Balaban J connectivity index is 1.96. The van der Waals surface area contributed by atoms with E-state index in [4.69, 9.17) is 4.74 Å². The first-order valence-electron chi connectivity index (χ1n) is 8.26. The lowest BCUT2D eigenvalue weighted by molar-refractivity contribution is 0.414. The molecule has 128 valence electrons. The molecule has 1 N–H and O–H groups in total. The molecule has 4 heteroatoms. The van der Waals surface area contributed by atoms with E-state index >= 15 is 0 Å². The summed E-state index contributed by atoms with van der Waals surface area (Å²) >= 11 is 0. The van der Waals surface area contributed by atoms with E-state index in [0.29, 0.717) is 0 Å². The summed E-state index contributed by atoms with van der Waals surface area (Å²) < 4.78 is 19.2. The van der Waals surface area contributed by atoms with E-state index in [1.54, 1.807) is 7.11 Å². The molecule has 0 heterocycles. The third-order valence-electron chi connectivity index (χ3n) is 4.23. The summed E-state index contributed by atoms with van der Waals surface area (Å²) in [7, 11) is -1.30. The van der Waals surface area contributed by atoms with Crippen LogP contribution in [-0.4, -0.2) is 7.11 Å². The van der Waals surface area contributed by atoms with Crippen LogP contribution in [0.2, 0.25) is 0 Å². The van der Waals surface area contributed by atoms with Gasteiger partial charge in [0.25, 0.3) is 0 Å². The van der Waals surface area contributed by atoms with Gasteiger partial charge in [0.05, 0.1) is 7.11 Å². The number of benzene rings is 3. The molecule has 3 nitrogen and oxygen atoms in total. The van der Waals surface area contributed by atoms with Crippen molar-refractivity contribution in [2.24, 2.45) is 0 Å². The summed E-state index contributed by atoms with van der Waals surface area (Å²) in [5.74, 6) is 0.810. The zero-order valence-electron chi connectivity index (χ0n) is 14.4. The van der Waals surface area contributed by atoms with Gasteiger partial charge in [0.2, 0.25) is 7.29 Å². The Labute approximate surface area is 149 Å². The van der Waals surface area contributed by atoms with Crippen molar-refractivity contribution < 1.29 is 9.30 Å². The smallest absolute Gasteiger partial charge is 0.205 e. The summed E-state index contributed by atoms with van der Waals surface area (Å²) in [6, 6.07) is 27.0. The first-order valence-corrected chi connectivity index (χ1v) is 9.97. The summed E-state index contributed by atoms with van der Waals surface area (Å²) in [5.41, 5.74) is 1.06. The van der Waals surface area contributed by atoms with Crippen LogP contribution < -0.4 is 20.4 Å². The van der Waals surface area contributed by atoms with Gasteiger partial charge in [-0.25, -0.2) is 0 Å². The molecule has 1 atom stereocenters. The van der Waals surface area contributed by atoms with Crippen molar-refractivity contribution in [3.8, 4) is 5.75 Å². The lowest BCUT2D eigenvalue weighted by atomic mass is 10.1. The van der Waals surface area contributed by atoms with Crippen molar-refractivity contribution in [2.45, 2.75) is 13.0 Å². The molecule has 25 heavy (non-hydrogen) atoms. The second-order valence-electron chi connectivity index (χ2n) is 5.90. The van der Waals surface area contributed by atoms with Crippen molar-refractivity contribution in [3.05, 3.63) is 90.5 Å². The van der Waals surface area contributed by atoms with Gasteiger partial charge in [-0.2, -0.15) is 0 Å². The van der Waals surface area contributed by atoms with Crippen molar-refractivity contribution in [3.63, 3.8) is 0 Å². The molecule has 0 saturated carbocycles. The van der Waals surface area contributed by atoms with E-state index in [2.05, 4.69) is 5.09 Å². The standard InChI is InChI=1S/C21H22NO2P/c1-17(18-13-15-19(24-2)16-14-18)22-25(23,20-9-5-3-6-10-20)21-11-7-4-8-12-21/h3-17H,1-2H3,(H,22,23)/t17-/m1/s1. The van der Waals surface area contributed by atoms with Gasteiger partial charge in [-0.05, 0) is 48.9 Å². The molecule has 0 aliphatic carbocycles. The Morgan fingerprint density at radius 2 is 1.28 bits per heavy atom. The largest absolute Gasteiger partial charge is 0.497 e. The molecule has 0 aliphatic heterocycles. The maximum atomic E-state index is 14.0. The topological polar surface area (TPSA) is 38.3 Å². The predicted octanol–water partition coefficient (Wildman–Crippen LogP) is 4.27. The lowest BCUT2D eigenvalue weighted by Gasteiger charge is -2.25. The zero-order valence-corrected chi connectivity index (χ0v) is 15.3. The van der Waals surface area contributed by atoms with E-state index in [-0.39, 0.29) is 6.04 Å². The molecule has 3 aromatic carbocycles. The molecule has 0 unspecified atom stereocenters. The van der Waals surface area contributed by atoms with E-state index in [1.807, 2.05) is 91.9 Å². The van der Waals surface area contributed by atoms with E-state index in [9.17, 15) is 4.57 Å². The Morgan fingerprint density at radius 1 is 0.800 bits per heavy atom. The first-order chi connectivity index (χ1) is 12.1. The fraction of sp³-hybridized carbons (Fsp3) is 0.143. The van der Waals surface area contributed by atoms with Gasteiger partial charge in [-0.3, -0.25) is 9.65 Å². The highest BCUT2D eigenvalue weighted by Crippen LogP contribution is 2.41. The highest BCUT2D eigenvalue weighted by molar-refractivity contribution is 7.76. The van der Waals surface area contributed by atoms with Crippen molar-refractivity contribution >= 4 is 17.9 Å². The minimum Gasteiger partial charge on any atom is -0.497 e. The van der Waals surface area contributed by atoms with Crippen molar-refractivity contribution in [1.29, 1.82) is 0 Å². The van der Waals surface area contributed by atoms with Crippen molar-refractivity contribution in [2.75, 3.05) is 7.11 Å². The highest BCUT2D eigenvalue weighted by Gasteiger charge is 2.29. The molecule has 0 bridgehead atoms. The molecule has 0 aromatic heterocycles. The molecule has 0 spiro atoms. The third-order valence-corrected chi connectivity index (χ3v) is 7.03. The van der Waals surface area contributed by atoms with Crippen LogP contribution in [0.3, 0.4) is 0 Å². The SMILES string of the molecule is COc1ccc([C@@H](C)NP(=O)(c2ccccc2)c2ccccc2)cc1. The van der Waals surface area contributed by atoms with Gasteiger partial charge in [0, 0.05) is 16.7 Å². The molecular formula is C21H22NO2P. The van der Waals surface area contributed by atoms with Crippen LogP contribution in [0.4, 0.5) is 0 Å². The average Bonchev–Trinajstić information content (AvgIpc) is 2.69. The molecular weight excluding hydrogens is 329 g/mol. The molecule has 0 amide bonds. The molecule has 3 aromatic rings. The second kappa shape index (κ2) is 7.69. The number of ether oxygens (including phenoxy) is 1. The molecule has 0 fully saturated rings. The first kappa shape index (κ1) is 17.5. The minimum atomic E-state index is -2.95. The number of methoxy groups -OCH3 is 1. The fourth-order valence-electron chi connectivity index (χ4n) is 2.81. The summed E-state index contributed by atoms with van der Waals surface area (Å²) in [5, 5.41) is 5.01. The Morgan fingerprint density at radius 3 is 1.72 bits per heavy atom. The minimum absolute atomic E-state index is 0.0721. The van der Waals surface area contributed by atoms with E-state index < -0.39 is 7.29 Å². The molecule has 0 radical (unpaired) electrons. The van der Waals surface area contributed by atoms with E-state index in [1.165, 1.54) is 0 Å². The van der Waals surface area contributed by atoms with Crippen LogP contribution in [0.25, 0.3) is 0 Å². The Hall–Kier alpha value is -2.35. The van der Waals surface area contributed by atoms with Crippen LogP contribution in [0.1, 0.15) is 18.5 Å². The van der Waals surface area contributed by atoms with Crippen molar-refractivity contribution in [1.82, 2.24) is 5.09 Å². The Kier molecular flexibility index (Phi) is 5.37. The van der Waals surface area contributed by atoms with Crippen LogP contribution in [0.15, 0.2) is 84.9 Å². The van der Waals surface area contributed by atoms with Gasteiger partial charge in [0.1, 0.15) is 5.75 Å². The number of rotatable bonds is 6. The van der Waals surface area contributed by atoms with Gasteiger partial charge in [-0.15, -0.1) is 0 Å². The maximum absolute atomic E-state index is 14.0. The quantitative estimate of drug-likeness (QED) is 0.674. The average molecular weight is 351 g/mol.